The van der Waals surface area contributed by atoms with Crippen molar-refractivity contribution in [3.05, 3.63) is 70.2 Å². The number of benzene rings is 3. The second-order valence-corrected chi connectivity index (χ2v) is 14.4. The molecule has 234 valence electrons. The van der Waals surface area contributed by atoms with Gasteiger partial charge in [0.15, 0.2) is 0 Å². The molecule has 5 N–H and O–H groups in total. The van der Waals surface area contributed by atoms with E-state index in [1.54, 1.807) is 51.4 Å². The summed E-state index contributed by atoms with van der Waals surface area (Å²) in [4.78, 5) is 35.2. The quantitative estimate of drug-likeness (QED) is 0.101. The van der Waals surface area contributed by atoms with E-state index in [-0.39, 0.29) is 16.3 Å². The number of hydroxylamine groups is 1. The molecule has 0 saturated carbocycles. The van der Waals surface area contributed by atoms with Crippen LogP contribution in [0.15, 0.2) is 54.6 Å². The number of hydrogen-bond donors (Lipinski definition) is 5. The fourth-order valence-electron chi connectivity index (χ4n) is 4.47. The SMILES string of the molecule is CN(C)c1ccc2nc(-c3cc(NC(=O)c4ccc(NS(=O)(=O)CC(C)(C)C(C)(C)C(=O)NO)cc4Cl)ccc3Cl)[nH]c2c1. The lowest BCUT2D eigenvalue weighted by Crippen LogP contribution is -2.49. The Hall–Kier alpha value is -3.84. The molecule has 0 saturated heterocycles. The van der Waals surface area contributed by atoms with Crippen molar-refractivity contribution in [2.24, 2.45) is 10.8 Å². The summed E-state index contributed by atoms with van der Waals surface area (Å²) in [5.74, 6) is -1.12. The number of carbonyl (C=O) groups is 2. The van der Waals surface area contributed by atoms with E-state index in [1.807, 2.05) is 37.2 Å². The molecule has 14 heteroatoms. The van der Waals surface area contributed by atoms with E-state index in [0.717, 1.165) is 16.7 Å². The van der Waals surface area contributed by atoms with Crippen molar-refractivity contribution >= 4 is 73.1 Å². The molecule has 44 heavy (non-hydrogen) atoms. The monoisotopic (exact) mass is 660 g/mol. The Morgan fingerprint density at radius 3 is 2.27 bits per heavy atom. The second kappa shape index (κ2) is 12.3. The molecule has 0 aliphatic rings. The van der Waals surface area contributed by atoms with Gasteiger partial charge in [0.1, 0.15) is 5.82 Å². The fourth-order valence-corrected chi connectivity index (χ4v) is 6.81. The Labute approximate surface area is 266 Å². The summed E-state index contributed by atoms with van der Waals surface area (Å²) >= 11 is 12.9. The first-order valence-corrected chi connectivity index (χ1v) is 15.9. The fraction of sp³-hybridized carbons (Fsp3) is 0.300. The number of anilines is 3. The molecule has 11 nitrogen and oxygen atoms in total. The topological polar surface area (TPSA) is 157 Å². The average Bonchev–Trinajstić information content (AvgIpc) is 3.35. The van der Waals surface area contributed by atoms with Crippen LogP contribution in [0.4, 0.5) is 17.1 Å². The van der Waals surface area contributed by atoms with Crippen LogP contribution in [0, 0.1) is 10.8 Å². The lowest BCUT2D eigenvalue weighted by Gasteiger charge is -2.39. The number of H-pyrrole nitrogens is 1. The first kappa shape index (κ1) is 33.1. The van der Waals surface area contributed by atoms with Crippen molar-refractivity contribution in [3.63, 3.8) is 0 Å². The molecule has 0 bridgehead atoms. The smallest absolute Gasteiger partial charge is 0.257 e. The lowest BCUT2D eigenvalue weighted by atomic mass is 9.68. The van der Waals surface area contributed by atoms with E-state index >= 15 is 0 Å². The normalized spacial score (nSPS) is 12.2. The van der Waals surface area contributed by atoms with Gasteiger partial charge in [0.05, 0.1) is 37.8 Å². The molecule has 4 aromatic rings. The van der Waals surface area contributed by atoms with Crippen LogP contribution in [0.25, 0.3) is 22.4 Å². The summed E-state index contributed by atoms with van der Waals surface area (Å²) in [5, 5.41) is 12.3. The molecule has 0 aliphatic carbocycles. The Morgan fingerprint density at radius 1 is 0.955 bits per heavy atom. The maximum Gasteiger partial charge on any atom is 0.257 e. The number of nitrogens with one attached hydrogen (secondary N) is 4. The summed E-state index contributed by atoms with van der Waals surface area (Å²) in [6, 6.07) is 15.0. The molecule has 2 amide bonds. The standard InChI is InChI=1S/C30H34Cl2N6O5S/c1-29(2,30(3,4)28(40)36-41)16-44(42,43)37-18-7-10-20(23(32)14-18)27(39)33-17-8-11-22(31)21(13-17)26-34-24-12-9-19(38(5)6)15-25(24)35-26/h7-15,37,41H,16H2,1-6H3,(H,33,39)(H,34,35)(H,36,40). The van der Waals surface area contributed by atoms with Crippen LogP contribution in [0.3, 0.4) is 0 Å². The minimum absolute atomic E-state index is 0.0186. The summed E-state index contributed by atoms with van der Waals surface area (Å²) in [7, 11) is -0.0619. The maximum absolute atomic E-state index is 13.1. The number of carbonyl (C=O) groups excluding carboxylic acids is 2. The van der Waals surface area contributed by atoms with Gasteiger partial charge in [0, 0.05) is 36.7 Å². The van der Waals surface area contributed by atoms with E-state index in [2.05, 4.69) is 20.0 Å². The molecule has 0 spiro atoms. The number of hydrogen-bond acceptors (Lipinski definition) is 7. The molecule has 0 radical (unpaired) electrons. The zero-order valence-corrected chi connectivity index (χ0v) is 27.4. The highest BCUT2D eigenvalue weighted by atomic mass is 35.5. The van der Waals surface area contributed by atoms with Crippen molar-refractivity contribution in [2.45, 2.75) is 27.7 Å². The van der Waals surface area contributed by atoms with E-state index in [9.17, 15) is 18.0 Å². The zero-order valence-electron chi connectivity index (χ0n) is 25.0. The van der Waals surface area contributed by atoms with E-state index in [4.69, 9.17) is 28.4 Å². The van der Waals surface area contributed by atoms with Gasteiger partial charge in [-0.05, 0) is 60.0 Å². The lowest BCUT2D eigenvalue weighted by molar-refractivity contribution is -0.143. The van der Waals surface area contributed by atoms with Crippen molar-refractivity contribution in [3.8, 4) is 11.4 Å². The number of fused-ring (bicyclic) bond motifs is 1. The van der Waals surface area contributed by atoms with Gasteiger partial charge in [-0.1, -0.05) is 50.9 Å². The Bertz CT molecular complexity index is 1850. The summed E-state index contributed by atoms with van der Waals surface area (Å²) in [6.45, 7) is 6.30. The minimum atomic E-state index is -3.96. The van der Waals surface area contributed by atoms with E-state index in [0.29, 0.717) is 22.1 Å². The molecule has 0 aliphatic heterocycles. The number of rotatable bonds is 10. The van der Waals surface area contributed by atoms with Crippen LogP contribution in [0.2, 0.25) is 10.0 Å². The van der Waals surface area contributed by atoms with E-state index < -0.39 is 38.4 Å². The second-order valence-electron chi connectivity index (χ2n) is 11.8. The molecule has 1 aromatic heterocycles. The van der Waals surface area contributed by atoms with Crippen LogP contribution in [0.5, 0.6) is 0 Å². The largest absolute Gasteiger partial charge is 0.378 e. The Balaban J connectivity index is 1.51. The minimum Gasteiger partial charge on any atom is -0.378 e. The third kappa shape index (κ3) is 6.94. The summed E-state index contributed by atoms with van der Waals surface area (Å²) < 4.78 is 28.4. The molecule has 4 rings (SSSR count). The van der Waals surface area contributed by atoms with E-state index in [1.165, 1.54) is 18.2 Å². The van der Waals surface area contributed by atoms with Crippen molar-refractivity contribution in [2.75, 3.05) is 34.8 Å². The highest BCUT2D eigenvalue weighted by Gasteiger charge is 2.45. The maximum atomic E-state index is 13.1. The van der Waals surface area contributed by atoms with Gasteiger partial charge >= 0.3 is 0 Å². The van der Waals surface area contributed by atoms with Crippen molar-refractivity contribution < 1.29 is 23.2 Å². The first-order chi connectivity index (χ1) is 20.4. The Morgan fingerprint density at radius 2 is 1.64 bits per heavy atom. The number of nitrogens with zero attached hydrogens (tertiary/aromatic N) is 2. The number of aromatic amines is 1. The van der Waals surface area contributed by atoms with Crippen LogP contribution in [-0.2, 0) is 14.8 Å². The van der Waals surface area contributed by atoms with Gasteiger partial charge in [-0.15, -0.1) is 0 Å². The van der Waals surface area contributed by atoms with Crippen molar-refractivity contribution in [1.29, 1.82) is 0 Å². The number of amides is 2. The molecule has 0 atom stereocenters. The predicted molar refractivity (Wildman–Crippen MR) is 175 cm³/mol. The number of halogens is 2. The summed E-state index contributed by atoms with van der Waals surface area (Å²) in [5.41, 5.74) is 3.22. The van der Waals surface area contributed by atoms with Crippen LogP contribution in [-0.4, -0.2) is 55.3 Å². The molecule has 0 fully saturated rings. The van der Waals surface area contributed by atoms with Crippen molar-refractivity contribution in [1.82, 2.24) is 15.4 Å². The highest BCUT2D eigenvalue weighted by molar-refractivity contribution is 7.92. The third-order valence-electron chi connectivity index (χ3n) is 7.86. The molecule has 3 aromatic carbocycles. The Kier molecular flexibility index (Phi) is 9.22. The molecule has 1 heterocycles. The molecule has 0 unspecified atom stereocenters. The predicted octanol–water partition coefficient (Wildman–Crippen LogP) is 6.15. The first-order valence-electron chi connectivity index (χ1n) is 13.5. The average molecular weight is 662 g/mol. The van der Waals surface area contributed by atoms with Gasteiger partial charge in [-0.25, -0.2) is 18.9 Å². The molecular weight excluding hydrogens is 627 g/mol. The summed E-state index contributed by atoms with van der Waals surface area (Å²) in [6.07, 6.45) is 0. The molecular formula is C30H34Cl2N6O5S. The zero-order chi connectivity index (χ0) is 32.6. The van der Waals surface area contributed by atoms with Crippen LogP contribution >= 0.6 is 23.2 Å². The van der Waals surface area contributed by atoms with Crippen LogP contribution in [0.1, 0.15) is 38.1 Å². The number of sulfonamides is 1. The van der Waals surface area contributed by atoms with Gasteiger partial charge in [0.2, 0.25) is 15.9 Å². The van der Waals surface area contributed by atoms with Gasteiger partial charge in [-0.3, -0.25) is 19.5 Å². The number of aromatic nitrogens is 2. The number of imidazole rings is 1. The van der Waals surface area contributed by atoms with Crippen LogP contribution < -0.4 is 20.4 Å². The van der Waals surface area contributed by atoms with Gasteiger partial charge in [0.25, 0.3) is 5.91 Å². The van der Waals surface area contributed by atoms with Gasteiger partial charge in [-0.2, -0.15) is 0 Å². The third-order valence-corrected chi connectivity index (χ3v) is 10.2. The van der Waals surface area contributed by atoms with Gasteiger partial charge < -0.3 is 15.2 Å². The highest BCUT2D eigenvalue weighted by Crippen LogP contribution is 2.40.